The molecule has 0 atom stereocenters. The van der Waals surface area contributed by atoms with Crippen molar-refractivity contribution in [3.8, 4) is 17.3 Å². The van der Waals surface area contributed by atoms with Gasteiger partial charge in [-0.15, -0.1) is 0 Å². The summed E-state index contributed by atoms with van der Waals surface area (Å²) in [5, 5.41) is 1.60. The van der Waals surface area contributed by atoms with Gasteiger partial charge in [-0.05, 0) is 65.6 Å². The topological polar surface area (TPSA) is 69.9 Å². The predicted molar refractivity (Wildman–Crippen MR) is 126 cm³/mol. The van der Waals surface area contributed by atoms with Crippen LogP contribution in [0.15, 0.2) is 73.1 Å². The third-order valence-corrected chi connectivity index (χ3v) is 6.16. The van der Waals surface area contributed by atoms with Gasteiger partial charge in [-0.25, -0.2) is 9.97 Å². The normalized spacial score (nSPS) is 11.1. The molecule has 8 heteroatoms. The summed E-state index contributed by atoms with van der Waals surface area (Å²) in [6.07, 6.45) is 3.31. The van der Waals surface area contributed by atoms with Crippen LogP contribution >= 0.6 is 23.1 Å². The number of hydrogen-bond donors (Lipinski definition) is 0. The molecule has 0 unspecified atom stereocenters. The Morgan fingerprint density at radius 3 is 2.59 bits per heavy atom. The average Bonchev–Trinajstić information content (AvgIpc) is 3.46. The molecule has 0 fully saturated rings. The number of benzene rings is 2. The Morgan fingerprint density at radius 2 is 1.84 bits per heavy atom. The first-order valence-electron chi connectivity index (χ1n) is 9.83. The second-order valence-electron chi connectivity index (χ2n) is 7.14. The van der Waals surface area contributed by atoms with Gasteiger partial charge in [0.1, 0.15) is 11.4 Å². The fraction of sp³-hybridized carbons (Fsp3) is 0.0833. The maximum atomic E-state index is 13.5. The number of ether oxygens (including phenoxy) is 1. The second-order valence-corrected chi connectivity index (χ2v) is 8.39. The molecule has 32 heavy (non-hydrogen) atoms. The number of fused-ring (bicyclic) bond motifs is 1. The van der Waals surface area contributed by atoms with Gasteiger partial charge in [0, 0.05) is 34.9 Å². The van der Waals surface area contributed by atoms with Crippen LogP contribution in [0.2, 0.25) is 5.02 Å². The Kier molecular flexibility index (Phi) is 5.43. The number of aromatic nitrogens is 4. The molecule has 0 N–H and O–H groups in total. The molecule has 5 rings (SSSR count). The fourth-order valence-electron chi connectivity index (χ4n) is 3.55. The first-order chi connectivity index (χ1) is 15.6. The van der Waals surface area contributed by atoms with E-state index in [2.05, 4.69) is 14.3 Å². The largest absolute Gasteiger partial charge is 0.497 e. The van der Waals surface area contributed by atoms with E-state index >= 15 is 0 Å². The van der Waals surface area contributed by atoms with E-state index in [-0.39, 0.29) is 5.78 Å². The standard InChI is InChI=1S/C24H17ClN4O2S/c1-31-18-7-8-20-16(11-18)12-21(29(20)14-15-3-5-17(25)6-4-15)23(30)22-13-19(28-32-22)24-26-9-2-10-27-24/h2-13H,14H2,1H3. The summed E-state index contributed by atoms with van der Waals surface area (Å²) in [6.45, 7) is 0.529. The van der Waals surface area contributed by atoms with E-state index in [0.29, 0.717) is 33.7 Å². The highest BCUT2D eigenvalue weighted by atomic mass is 35.5. The number of nitrogens with zero attached hydrogens (tertiary/aromatic N) is 4. The molecule has 6 nitrogen and oxygen atoms in total. The van der Waals surface area contributed by atoms with Gasteiger partial charge in [0.15, 0.2) is 5.82 Å². The van der Waals surface area contributed by atoms with Crippen molar-refractivity contribution >= 4 is 39.8 Å². The van der Waals surface area contributed by atoms with E-state index in [1.54, 1.807) is 31.6 Å². The molecule has 0 aliphatic rings. The van der Waals surface area contributed by atoms with Gasteiger partial charge in [-0.2, -0.15) is 4.37 Å². The van der Waals surface area contributed by atoms with E-state index in [1.807, 2.05) is 53.1 Å². The summed E-state index contributed by atoms with van der Waals surface area (Å²) >= 11 is 7.19. The highest BCUT2D eigenvalue weighted by Gasteiger charge is 2.21. The first kappa shape index (κ1) is 20.4. The molecule has 0 saturated carbocycles. The van der Waals surface area contributed by atoms with Crippen LogP contribution in [0.5, 0.6) is 5.75 Å². The minimum Gasteiger partial charge on any atom is -0.497 e. The second kappa shape index (κ2) is 8.53. The summed E-state index contributed by atoms with van der Waals surface area (Å²) in [7, 11) is 1.63. The lowest BCUT2D eigenvalue weighted by atomic mass is 10.2. The van der Waals surface area contributed by atoms with Crippen LogP contribution < -0.4 is 4.74 Å². The molecule has 158 valence electrons. The smallest absolute Gasteiger partial charge is 0.220 e. The number of rotatable bonds is 6. The van der Waals surface area contributed by atoms with E-state index < -0.39 is 0 Å². The Morgan fingerprint density at radius 1 is 1.06 bits per heavy atom. The Hall–Kier alpha value is -3.55. The zero-order valence-corrected chi connectivity index (χ0v) is 18.6. The molecule has 2 aromatic carbocycles. The van der Waals surface area contributed by atoms with E-state index in [1.165, 1.54) is 0 Å². The summed E-state index contributed by atoms with van der Waals surface area (Å²) in [6, 6.07) is 18.8. The minimum atomic E-state index is -0.103. The van der Waals surface area contributed by atoms with E-state index in [0.717, 1.165) is 33.7 Å². The van der Waals surface area contributed by atoms with Crippen LogP contribution in [0.3, 0.4) is 0 Å². The lowest BCUT2D eigenvalue weighted by molar-refractivity contribution is 0.103. The maximum Gasteiger partial charge on any atom is 0.220 e. The summed E-state index contributed by atoms with van der Waals surface area (Å²) in [4.78, 5) is 22.5. The first-order valence-corrected chi connectivity index (χ1v) is 11.0. The Balaban J connectivity index is 1.58. The van der Waals surface area contributed by atoms with Crippen LogP contribution in [0.25, 0.3) is 22.4 Å². The quantitative estimate of drug-likeness (QED) is 0.313. The number of methoxy groups -OCH3 is 1. The maximum absolute atomic E-state index is 13.5. The van der Waals surface area contributed by atoms with E-state index in [9.17, 15) is 4.79 Å². The predicted octanol–water partition coefficient (Wildman–Crippen LogP) is 5.50. The molecule has 0 saturated heterocycles. The van der Waals surface area contributed by atoms with E-state index in [4.69, 9.17) is 16.3 Å². The zero-order valence-electron chi connectivity index (χ0n) is 17.0. The number of ketones is 1. The number of carbonyl (C=O) groups is 1. The minimum absolute atomic E-state index is 0.103. The van der Waals surface area contributed by atoms with Crippen molar-refractivity contribution in [2.24, 2.45) is 0 Å². The molecule has 0 radical (unpaired) electrons. The van der Waals surface area contributed by atoms with Crippen molar-refractivity contribution in [3.63, 3.8) is 0 Å². The average molecular weight is 461 g/mol. The van der Waals surface area contributed by atoms with Gasteiger partial charge < -0.3 is 9.30 Å². The van der Waals surface area contributed by atoms with Crippen molar-refractivity contribution in [1.82, 2.24) is 18.9 Å². The van der Waals surface area contributed by atoms with Gasteiger partial charge >= 0.3 is 0 Å². The zero-order chi connectivity index (χ0) is 22.1. The lowest BCUT2D eigenvalue weighted by Gasteiger charge is -2.10. The van der Waals surface area contributed by atoms with Crippen molar-refractivity contribution in [3.05, 3.63) is 94.2 Å². The third kappa shape index (κ3) is 3.88. The van der Waals surface area contributed by atoms with Gasteiger partial charge in [0.2, 0.25) is 5.78 Å². The van der Waals surface area contributed by atoms with Crippen molar-refractivity contribution in [1.29, 1.82) is 0 Å². The third-order valence-electron chi connectivity index (χ3n) is 5.12. The summed E-state index contributed by atoms with van der Waals surface area (Å²) in [5.74, 6) is 1.13. The van der Waals surface area contributed by atoms with Crippen molar-refractivity contribution in [2.75, 3.05) is 7.11 Å². The fourth-order valence-corrected chi connectivity index (χ4v) is 4.36. The molecule has 5 aromatic rings. The monoisotopic (exact) mass is 460 g/mol. The van der Waals surface area contributed by atoms with Crippen molar-refractivity contribution < 1.29 is 9.53 Å². The Bertz CT molecular complexity index is 1410. The summed E-state index contributed by atoms with van der Waals surface area (Å²) in [5.41, 5.74) is 3.15. The van der Waals surface area contributed by atoms with Gasteiger partial charge in [0.25, 0.3) is 0 Å². The SMILES string of the molecule is COc1ccc2c(c1)cc(C(=O)c1cc(-c3ncccn3)ns1)n2Cc1ccc(Cl)cc1. The Labute approximate surface area is 193 Å². The van der Waals surface area contributed by atoms with Crippen LogP contribution in [0.1, 0.15) is 20.9 Å². The van der Waals surface area contributed by atoms with Crippen molar-refractivity contribution in [2.45, 2.75) is 6.54 Å². The van der Waals surface area contributed by atoms with Gasteiger partial charge in [-0.1, -0.05) is 23.7 Å². The molecule has 3 aromatic heterocycles. The highest BCUT2D eigenvalue weighted by molar-refractivity contribution is 7.08. The molecule has 0 amide bonds. The molecular weight excluding hydrogens is 444 g/mol. The van der Waals surface area contributed by atoms with Crippen LogP contribution in [0, 0.1) is 0 Å². The summed E-state index contributed by atoms with van der Waals surface area (Å²) < 4.78 is 11.8. The molecule has 0 aliphatic carbocycles. The lowest BCUT2D eigenvalue weighted by Crippen LogP contribution is -2.10. The molecule has 0 aliphatic heterocycles. The molecule has 0 spiro atoms. The molecular formula is C24H17ClN4O2S. The van der Waals surface area contributed by atoms with Gasteiger partial charge in [0.05, 0.1) is 17.7 Å². The van der Waals surface area contributed by atoms with Crippen LogP contribution in [0.4, 0.5) is 0 Å². The number of hydrogen-bond acceptors (Lipinski definition) is 6. The van der Waals surface area contributed by atoms with Gasteiger partial charge in [-0.3, -0.25) is 4.79 Å². The molecule has 0 bridgehead atoms. The van der Waals surface area contributed by atoms with Crippen LogP contribution in [-0.4, -0.2) is 31.8 Å². The highest BCUT2D eigenvalue weighted by Crippen LogP contribution is 2.29. The number of carbonyl (C=O) groups excluding carboxylic acids is 1. The number of halogens is 1. The molecule has 3 heterocycles. The van der Waals surface area contributed by atoms with Crippen LogP contribution in [-0.2, 0) is 6.54 Å².